The van der Waals surface area contributed by atoms with Gasteiger partial charge < -0.3 is 0 Å². The first-order chi connectivity index (χ1) is 3.92. The lowest BCUT2D eigenvalue weighted by molar-refractivity contribution is 0.274. The Morgan fingerprint density at radius 3 is 1.89 bits per heavy atom. The number of halogens is 1. The summed E-state index contributed by atoms with van der Waals surface area (Å²) in [6, 6.07) is 0. The second-order valence-electron chi connectivity index (χ2n) is 3.88. The average Bonchev–Trinajstić information content (AvgIpc) is 1.59. The summed E-state index contributed by atoms with van der Waals surface area (Å²) >= 11 is 0. The molecule has 0 rings (SSSR count). The van der Waals surface area contributed by atoms with E-state index < -0.39 is 6.17 Å². The quantitative estimate of drug-likeness (QED) is 0.541. The lowest BCUT2D eigenvalue weighted by atomic mass is 9.90. The van der Waals surface area contributed by atoms with Crippen LogP contribution in [0.3, 0.4) is 0 Å². The topological polar surface area (TPSA) is 0 Å². The maximum atomic E-state index is 12.2. The highest BCUT2D eigenvalue weighted by Crippen LogP contribution is 2.21. The molecule has 56 valence electrons. The molecule has 1 heteroatoms. The molecule has 0 amide bonds. The molecule has 0 spiro atoms. The standard InChI is InChI=1S/C8H17F/c1-7(9)5-6-8(2,3)4/h7H,5-6H2,1-4H3. The van der Waals surface area contributed by atoms with Gasteiger partial charge >= 0.3 is 0 Å². The normalized spacial score (nSPS) is 15.7. The minimum absolute atomic E-state index is 0.292. The number of hydrogen-bond acceptors (Lipinski definition) is 0. The fraction of sp³-hybridized carbons (Fsp3) is 1.00. The molecule has 1 unspecified atom stereocenters. The zero-order chi connectivity index (χ0) is 7.49. The lowest BCUT2D eigenvalue weighted by Gasteiger charge is -2.17. The molecule has 0 saturated heterocycles. The SMILES string of the molecule is CC(F)CCC(C)(C)C. The van der Waals surface area contributed by atoms with Gasteiger partial charge in [0.15, 0.2) is 0 Å². The zero-order valence-corrected chi connectivity index (χ0v) is 6.87. The van der Waals surface area contributed by atoms with Crippen molar-refractivity contribution in [1.82, 2.24) is 0 Å². The number of hydrogen-bond donors (Lipinski definition) is 0. The van der Waals surface area contributed by atoms with Gasteiger partial charge in [0.1, 0.15) is 0 Å². The van der Waals surface area contributed by atoms with E-state index in [1.165, 1.54) is 0 Å². The van der Waals surface area contributed by atoms with Gasteiger partial charge in [-0.15, -0.1) is 0 Å². The van der Waals surface area contributed by atoms with Gasteiger partial charge in [-0.2, -0.15) is 0 Å². The highest BCUT2D eigenvalue weighted by Gasteiger charge is 2.11. The average molecular weight is 132 g/mol. The van der Waals surface area contributed by atoms with Crippen molar-refractivity contribution in [2.75, 3.05) is 0 Å². The molecule has 0 bridgehead atoms. The molecule has 0 aliphatic rings. The second kappa shape index (κ2) is 3.19. The Morgan fingerprint density at radius 2 is 1.78 bits per heavy atom. The first kappa shape index (κ1) is 8.93. The third-order valence-corrected chi connectivity index (χ3v) is 1.29. The molecule has 0 fully saturated rings. The van der Waals surface area contributed by atoms with E-state index in [9.17, 15) is 4.39 Å². The van der Waals surface area contributed by atoms with Crippen molar-refractivity contribution >= 4 is 0 Å². The third kappa shape index (κ3) is 7.93. The van der Waals surface area contributed by atoms with Gasteiger partial charge in [0, 0.05) is 0 Å². The molecule has 0 nitrogen and oxygen atoms in total. The minimum Gasteiger partial charge on any atom is -0.248 e. The monoisotopic (exact) mass is 132 g/mol. The van der Waals surface area contributed by atoms with E-state index >= 15 is 0 Å². The van der Waals surface area contributed by atoms with Gasteiger partial charge in [-0.25, -0.2) is 4.39 Å². The fourth-order valence-electron chi connectivity index (χ4n) is 0.632. The Balaban J connectivity index is 3.28. The van der Waals surface area contributed by atoms with Crippen LogP contribution in [0, 0.1) is 5.41 Å². The van der Waals surface area contributed by atoms with Crippen LogP contribution in [0.1, 0.15) is 40.5 Å². The van der Waals surface area contributed by atoms with Crippen LogP contribution < -0.4 is 0 Å². The van der Waals surface area contributed by atoms with Crippen LogP contribution in [0.15, 0.2) is 0 Å². The molecular weight excluding hydrogens is 115 g/mol. The first-order valence-corrected chi connectivity index (χ1v) is 3.56. The fourth-order valence-corrected chi connectivity index (χ4v) is 0.632. The van der Waals surface area contributed by atoms with Crippen LogP contribution in [0.5, 0.6) is 0 Å². The van der Waals surface area contributed by atoms with Crippen LogP contribution in [-0.2, 0) is 0 Å². The van der Waals surface area contributed by atoms with E-state index in [1.807, 2.05) is 0 Å². The van der Waals surface area contributed by atoms with Crippen LogP contribution in [0.4, 0.5) is 4.39 Å². The van der Waals surface area contributed by atoms with Crippen molar-refractivity contribution in [3.63, 3.8) is 0 Å². The summed E-state index contributed by atoms with van der Waals surface area (Å²) in [5.41, 5.74) is 0.292. The van der Waals surface area contributed by atoms with Gasteiger partial charge in [-0.1, -0.05) is 20.8 Å². The molecular formula is C8H17F. The number of alkyl halides is 1. The highest BCUT2D eigenvalue weighted by atomic mass is 19.1. The van der Waals surface area contributed by atoms with Crippen molar-refractivity contribution in [1.29, 1.82) is 0 Å². The van der Waals surface area contributed by atoms with Crippen LogP contribution in [-0.4, -0.2) is 6.17 Å². The predicted octanol–water partition coefficient (Wildman–Crippen LogP) is 3.17. The van der Waals surface area contributed by atoms with Crippen molar-refractivity contribution in [3.05, 3.63) is 0 Å². The van der Waals surface area contributed by atoms with Gasteiger partial charge in [0.05, 0.1) is 6.17 Å². The summed E-state index contributed by atoms with van der Waals surface area (Å²) < 4.78 is 12.2. The van der Waals surface area contributed by atoms with E-state index in [-0.39, 0.29) is 0 Å². The molecule has 0 aromatic heterocycles. The zero-order valence-electron chi connectivity index (χ0n) is 6.87. The van der Waals surface area contributed by atoms with Gasteiger partial charge in [-0.05, 0) is 25.2 Å². The maximum Gasteiger partial charge on any atom is 0.0973 e. The van der Waals surface area contributed by atoms with Gasteiger partial charge in [0.25, 0.3) is 0 Å². The molecule has 0 aromatic rings. The first-order valence-electron chi connectivity index (χ1n) is 3.56. The van der Waals surface area contributed by atoms with Crippen molar-refractivity contribution < 1.29 is 4.39 Å². The smallest absolute Gasteiger partial charge is 0.0973 e. The van der Waals surface area contributed by atoms with E-state index in [4.69, 9.17) is 0 Å². The Hall–Kier alpha value is -0.0700. The Bertz CT molecular complexity index is 69.1. The largest absolute Gasteiger partial charge is 0.248 e. The third-order valence-electron chi connectivity index (χ3n) is 1.29. The van der Waals surface area contributed by atoms with Crippen LogP contribution >= 0.6 is 0 Å². The Morgan fingerprint density at radius 1 is 1.33 bits per heavy atom. The summed E-state index contributed by atoms with van der Waals surface area (Å²) in [5.74, 6) is 0. The number of rotatable bonds is 2. The second-order valence-corrected chi connectivity index (χ2v) is 3.88. The Kier molecular flexibility index (Phi) is 3.16. The highest BCUT2D eigenvalue weighted by molar-refractivity contribution is 4.62. The van der Waals surface area contributed by atoms with E-state index in [1.54, 1.807) is 6.92 Å². The molecule has 0 N–H and O–H groups in total. The lowest BCUT2D eigenvalue weighted by Crippen LogP contribution is -2.07. The molecule has 0 heterocycles. The summed E-state index contributed by atoms with van der Waals surface area (Å²) in [6.07, 6.45) is 1.04. The summed E-state index contributed by atoms with van der Waals surface area (Å²) in [5, 5.41) is 0. The minimum atomic E-state index is -0.635. The van der Waals surface area contributed by atoms with Gasteiger partial charge in [0.2, 0.25) is 0 Å². The summed E-state index contributed by atoms with van der Waals surface area (Å²) in [7, 11) is 0. The summed E-state index contributed by atoms with van der Waals surface area (Å²) in [4.78, 5) is 0. The molecule has 1 atom stereocenters. The molecule has 0 aliphatic heterocycles. The van der Waals surface area contributed by atoms with Crippen molar-refractivity contribution in [3.8, 4) is 0 Å². The van der Waals surface area contributed by atoms with E-state index in [2.05, 4.69) is 20.8 Å². The van der Waals surface area contributed by atoms with E-state index in [0.717, 1.165) is 6.42 Å². The molecule has 0 aliphatic carbocycles. The van der Waals surface area contributed by atoms with Crippen LogP contribution in [0.2, 0.25) is 0 Å². The van der Waals surface area contributed by atoms with Crippen molar-refractivity contribution in [2.24, 2.45) is 5.41 Å². The maximum absolute atomic E-state index is 12.2. The molecule has 0 aromatic carbocycles. The molecule has 9 heavy (non-hydrogen) atoms. The van der Waals surface area contributed by atoms with Crippen molar-refractivity contribution in [2.45, 2.75) is 46.7 Å². The van der Waals surface area contributed by atoms with Gasteiger partial charge in [-0.3, -0.25) is 0 Å². The molecule has 0 radical (unpaired) electrons. The predicted molar refractivity (Wildman–Crippen MR) is 39.3 cm³/mol. The summed E-state index contributed by atoms with van der Waals surface area (Å²) in [6.45, 7) is 8.02. The Labute approximate surface area is 57.5 Å². The molecule has 0 saturated carbocycles. The van der Waals surface area contributed by atoms with Crippen LogP contribution in [0.25, 0.3) is 0 Å². The van der Waals surface area contributed by atoms with E-state index in [0.29, 0.717) is 11.8 Å².